The molecule has 3 rings (SSSR count). The van der Waals surface area contributed by atoms with Crippen molar-refractivity contribution in [1.29, 1.82) is 0 Å². The molecule has 0 spiro atoms. The number of nitrogens with one attached hydrogen (secondary N) is 1. The zero-order valence-corrected chi connectivity index (χ0v) is 13.2. The van der Waals surface area contributed by atoms with Crippen LogP contribution in [0.5, 0.6) is 17.2 Å². The van der Waals surface area contributed by atoms with E-state index in [1.165, 1.54) is 16.7 Å². The second kappa shape index (κ2) is 6.28. The summed E-state index contributed by atoms with van der Waals surface area (Å²) in [7, 11) is 5.02. The molecule has 1 aliphatic heterocycles. The summed E-state index contributed by atoms with van der Waals surface area (Å²) < 4.78 is 16.1. The second-order valence-corrected chi connectivity index (χ2v) is 5.36. The van der Waals surface area contributed by atoms with Crippen molar-refractivity contribution < 1.29 is 14.2 Å². The molecule has 1 N–H and O–H groups in total. The molecule has 1 heterocycles. The minimum absolute atomic E-state index is 0.277. The van der Waals surface area contributed by atoms with Gasteiger partial charge >= 0.3 is 0 Å². The lowest BCUT2D eigenvalue weighted by molar-refractivity contribution is 0.354. The van der Waals surface area contributed by atoms with Crippen molar-refractivity contribution in [3.8, 4) is 17.2 Å². The highest BCUT2D eigenvalue weighted by Crippen LogP contribution is 2.36. The lowest BCUT2D eigenvalue weighted by Crippen LogP contribution is -2.28. The van der Waals surface area contributed by atoms with Crippen LogP contribution in [-0.4, -0.2) is 27.9 Å². The Kier molecular flexibility index (Phi) is 4.20. The van der Waals surface area contributed by atoms with E-state index in [0.717, 1.165) is 30.3 Å². The van der Waals surface area contributed by atoms with E-state index >= 15 is 0 Å². The second-order valence-electron chi connectivity index (χ2n) is 5.36. The summed E-state index contributed by atoms with van der Waals surface area (Å²) in [4.78, 5) is 0. The maximum atomic E-state index is 5.43. The van der Waals surface area contributed by atoms with Gasteiger partial charge in [0.05, 0.1) is 21.3 Å². The number of fused-ring (bicyclic) bond motifs is 1. The van der Waals surface area contributed by atoms with Crippen LogP contribution in [0.4, 0.5) is 0 Å². The maximum Gasteiger partial charge on any atom is 0.161 e. The quantitative estimate of drug-likeness (QED) is 0.942. The van der Waals surface area contributed by atoms with Gasteiger partial charge in [-0.15, -0.1) is 0 Å². The standard InChI is InChI=1S/C18H21NO3/c1-20-14-6-4-13-10-19-11-16(15(13)9-14)12-5-7-17(21-2)18(8-12)22-3/h4-9,16,19H,10-11H2,1-3H3. The number of methoxy groups -OCH3 is 3. The Balaban J connectivity index is 2.03. The molecule has 116 valence electrons. The van der Waals surface area contributed by atoms with Crippen LogP contribution in [0, 0.1) is 0 Å². The average molecular weight is 299 g/mol. The highest BCUT2D eigenvalue weighted by molar-refractivity contribution is 5.49. The number of hydrogen-bond acceptors (Lipinski definition) is 4. The third-order valence-corrected chi connectivity index (χ3v) is 4.20. The Morgan fingerprint density at radius 3 is 2.45 bits per heavy atom. The van der Waals surface area contributed by atoms with Gasteiger partial charge in [-0.25, -0.2) is 0 Å². The predicted octanol–water partition coefficient (Wildman–Crippen LogP) is 2.95. The molecule has 1 aliphatic rings. The molecule has 0 radical (unpaired) electrons. The van der Waals surface area contributed by atoms with Crippen molar-refractivity contribution in [1.82, 2.24) is 5.32 Å². The molecular weight excluding hydrogens is 278 g/mol. The molecule has 0 saturated carbocycles. The zero-order valence-electron chi connectivity index (χ0n) is 13.2. The van der Waals surface area contributed by atoms with Crippen molar-refractivity contribution in [2.45, 2.75) is 12.5 Å². The summed E-state index contributed by atoms with van der Waals surface area (Å²) in [6.07, 6.45) is 0. The van der Waals surface area contributed by atoms with Crippen molar-refractivity contribution >= 4 is 0 Å². The Morgan fingerprint density at radius 1 is 0.909 bits per heavy atom. The van der Waals surface area contributed by atoms with Gasteiger partial charge in [-0.1, -0.05) is 12.1 Å². The predicted molar refractivity (Wildman–Crippen MR) is 86.1 cm³/mol. The lowest BCUT2D eigenvalue weighted by atomic mass is 9.85. The molecule has 22 heavy (non-hydrogen) atoms. The molecular formula is C18H21NO3. The van der Waals surface area contributed by atoms with Crippen LogP contribution in [0.25, 0.3) is 0 Å². The van der Waals surface area contributed by atoms with E-state index in [1.54, 1.807) is 21.3 Å². The first-order chi connectivity index (χ1) is 10.8. The van der Waals surface area contributed by atoms with Crippen LogP contribution in [0.3, 0.4) is 0 Å². The Hall–Kier alpha value is -2.20. The number of hydrogen-bond donors (Lipinski definition) is 1. The van der Waals surface area contributed by atoms with E-state index in [-0.39, 0.29) is 5.92 Å². The number of benzene rings is 2. The first-order valence-electron chi connectivity index (χ1n) is 7.36. The van der Waals surface area contributed by atoms with Crippen molar-refractivity contribution in [2.75, 3.05) is 27.9 Å². The first kappa shape index (κ1) is 14.7. The van der Waals surface area contributed by atoms with Gasteiger partial charge in [0.25, 0.3) is 0 Å². The monoisotopic (exact) mass is 299 g/mol. The zero-order chi connectivity index (χ0) is 15.5. The SMILES string of the molecule is COc1ccc2c(c1)C(c1ccc(OC)c(OC)c1)CNC2. The summed E-state index contributed by atoms with van der Waals surface area (Å²) in [5.41, 5.74) is 3.83. The maximum absolute atomic E-state index is 5.43. The summed E-state index contributed by atoms with van der Waals surface area (Å²) in [5, 5.41) is 3.48. The largest absolute Gasteiger partial charge is 0.497 e. The van der Waals surface area contributed by atoms with Crippen LogP contribution in [0.1, 0.15) is 22.6 Å². The molecule has 0 aromatic heterocycles. The fraction of sp³-hybridized carbons (Fsp3) is 0.333. The Labute approximate surface area is 131 Å². The van der Waals surface area contributed by atoms with Gasteiger partial charge in [0.1, 0.15) is 5.75 Å². The third-order valence-electron chi connectivity index (χ3n) is 4.20. The van der Waals surface area contributed by atoms with Crippen LogP contribution in [0.15, 0.2) is 36.4 Å². The highest BCUT2D eigenvalue weighted by Gasteiger charge is 2.23. The van der Waals surface area contributed by atoms with E-state index in [2.05, 4.69) is 29.6 Å². The summed E-state index contributed by atoms with van der Waals surface area (Å²) in [6.45, 7) is 1.79. The highest BCUT2D eigenvalue weighted by atomic mass is 16.5. The molecule has 4 heteroatoms. The summed E-state index contributed by atoms with van der Waals surface area (Å²) >= 11 is 0. The average Bonchev–Trinajstić information content (AvgIpc) is 2.60. The number of ether oxygens (including phenoxy) is 3. The molecule has 0 saturated heterocycles. The van der Waals surface area contributed by atoms with Gasteiger partial charge in [-0.2, -0.15) is 0 Å². The van der Waals surface area contributed by atoms with Gasteiger partial charge < -0.3 is 19.5 Å². The van der Waals surface area contributed by atoms with Gasteiger partial charge in [-0.3, -0.25) is 0 Å². The van der Waals surface area contributed by atoms with Crippen LogP contribution in [0.2, 0.25) is 0 Å². The smallest absolute Gasteiger partial charge is 0.161 e. The Bertz CT molecular complexity index is 669. The van der Waals surface area contributed by atoms with Crippen molar-refractivity contribution in [2.24, 2.45) is 0 Å². The molecule has 0 bridgehead atoms. The summed E-state index contributed by atoms with van der Waals surface area (Å²) in [5.74, 6) is 2.68. The van der Waals surface area contributed by atoms with Gasteiger partial charge in [0.15, 0.2) is 11.5 Å². The minimum Gasteiger partial charge on any atom is -0.497 e. The molecule has 0 fully saturated rings. The van der Waals surface area contributed by atoms with Crippen LogP contribution in [-0.2, 0) is 6.54 Å². The fourth-order valence-electron chi connectivity index (χ4n) is 3.01. The number of rotatable bonds is 4. The van der Waals surface area contributed by atoms with Crippen molar-refractivity contribution in [3.05, 3.63) is 53.1 Å². The minimum atomic E-state index is 0.277. The topological polar surface area (TPSA) is 39.7 Å². The van der Waals surface area contributed by atoms with Gasteiger partial charge in [-0.05, 0) is 41.0 Å². The van der Waals surface area contributed by atoms with E-state index < -0.39 is 0 Å². The molecule has 0 aliphatic carbocycles. The first-order valence-corrected chi connectivity index (χ1v) is 7.36. The molecule has 0 amide bonds. The summed E-state index contributed by atoms with van der Waals surface area (Å²) in [6, 6.07) is 12.4. The van der Waals surface area contributed by atoms with Crippen LogP contribution >= 0.6 is 0 Å². The fourth-order valence-corrected chi connectivity index (χ4v) is 3.01. The van der Waals surface area contributed by atoms with Crippen LogP contribution < -0.4 is 19.5 Å². The molecule has 1 unspecified atom stereocenters. The van der Waals surface area contributed by atoms with E-state index in [4.69, 9.17) is 14.2 Å². The van der Waals surface area contributed by atoms with E-state index in [0.29, 0.717) is 0 Å². The lowest BCUT2D eigenvalue weighted by Gasteiger charge is -2.27. The molecule has 2 aromatic rings. The normalized spacial score (nSPS) is 16.8. The molecule has 1 atom stereocenters. The van der Waals surface area contributed by atoms with E-state index in [1.807, 2.05) is 12.1 Å². The van der Waals surface area contributed by atoms with Gasteiger partial charge in [0.2, 0.25) is 0 Å². The third kappa shape index (κ3) is 2.62. The Morgan fingerprint density at radius 2 is 1.73 bits per heavy atom. The molecule has 2 aromatic carbocycles. The molecule has 4 nitrogen and oxygen atoms in total. The van der Waals surface area contributed by atoms with E-state index in [9.17, 15) is 0 Å². The van der Waals surface area contributed by atoms with Gasteiger partial charge in [0, 0.05) is 19.0 Å². The van der Waals surface area contributed by atoms with Crippen molar-refractivity contribution in [3.63, 3.8) is 0 Å².